The number of hydrogen-bond acceptors (Lipinski definition) is 3. The summed E-state index contributed by atoms with van der Waals surface area (Å²) in [5.41, 5.74) is 0.0796. The van der Waals surface area contributed by atoms with Crippen LogP contribution in [-0.2, 0) is 10.2 Å². The fourth-order valence-electron chi connectivity index (χ4n) is 1.51. The molecule has 0 aliphatic heterocycles. The van der Waals surface area contributed by atoms with Gasteiger partial charge in [0.05, 0.1) is 25.2 Å². The third-order valence-corrected chi connectivity index (χ3v) is 2.90. The van der Waals surface area contributed by atoms with Crippen molar-refractivity contribution in [1.29, 1.82) is 0 Å². The van der Waals surface area contributed by atoms with Gasteiger partial charge in [-0.25, -0.2) is 0 Å². The van der Waals surface area contributed by atoms with Gasteiger partial charge < -0.3 is 14.9 Å². The second-order valence-corrected chi connectivity index (χ2v) is 4.18. The van der Waals surface area contributed by atoms with Crippen LogP contribution in [0.15, 0.2) is 24.3 Å². The Morgan fingerprint density at radius 2 is 1.75 bits per heavy atom. The molecular formula is C12H17ClO3. The number of ether oxygens (including phenoxy) is 1. The Morgan fingerprint density at radius 1 is 1.19 bits per heavy atom. The van der Waals surface area contributed by atoms with Crippen molar-refractivity contribution in [3.05, 3.63) is 34.9 Å². The molecule has 0 aliphatic carbocycles. The molecule has 0 unspecified atom stereocenters. The van der Waals surface area contributed by atoms with Gasteiger partial charge in [-0.1, -0.05) is 23.7 Å². The summed E-state index contributed by atoms with van der Waals surface area (Å²) < 4.78 is 5.31. The molecule has 0 aliphatic rings. The van der Waals surface area contributed by atoms with Crippen molar-refractivity contribution in [2.45, 2.75) is 12.3 Å². The van der Waals surface area contributed by atoms with Crippen molar-refractivity contribution in [1.82, 2.24) is 0 Å². The fraction of sp³-hybridized carbons (Fsp3) is 0.500. The summed E-state index contributed by atoms with van der Waals surface area (Å²) in [4.78, 5) is 0. The lowest BCUT2D eigenvalue weighted by Gasteiger charge is -2.30. The minimum Gasteiger partial charge on any atom is -0.395 e. The summed E-state index contributed by atoms with van der Waals surface area (Å²) in [6, 6.07) is 7.08. The van der Waals surface area contributed by atoms with Crippen LogP contribution in [0.3, 0.4) is 0 Å². The third kappa shape index (κ3) is 2.95. The predicted molar refractivity (Wildman–Crippen MR) is 63.8 cm³/mol. The summed E-state index contributed by atoms with van der Waals surface area (Å²) in [5.74, 6) is 0. The molecule has 2 N–H and O–H groups in total. The standard InChI is InChI=1S/C12H17ClO3/c1-2-16-9-12(7-14,8-15)10-3-5-11(13)6-4-10/h3-6,14-15H,2,7-9H2,1H3. The number of aliphatic hydroxyl groups is 2. The van der Waals surface area contributed by atoms with Crippen LogP contribution < -0.4 is 0 Å². The van der Waals surface area contributed by atoms with E-state index in [0.717, 1.165) is 5.56 Å². The molecule has 0 spiro atoms. The molecule has 1 aromatic rings. The van der Waals surface area contributed by atoms with Crippen molar-refractivity contribution < 1.29 is 14.9 Å². The summed E-state index contributed by atoms with van der Waals surface area (Å²) in [6.45, 7) is 2.39. The van der Waals surface area contributed by atoms with Crippen LogP contribution in [0.5, 0.6) is 0 Å². The van der Waals surface area contributed by atoms with Gasteiger partial charge in [0.1, 0.15) is 0 Å². The SMILES string of the molecule is CCOCC(CO)(CO)c1ccc(Cl)cc1. The zero-order valence-corrected chi connectivity index (χ0v) is 10.1. The molecule has 0 radical (unpaired) electrons. The van der Waals surface area contributed by atoms with Crippen LogP contribution in [0.2, 0.25) is 5.02 Å². The largest absolute Gasteiger partial charge is 0.395 e. The Bertz CT molecular complexity index is 307. The maximum atomic E-state index is 9.45. The van der Waals surface area contributed by atoms with Crippen LogP contribution in [0.1, 0.15) is 12.5 Å². The van der Waals surface area contributed by atoms with E-state index >= 15 is 0 Å². The Hall–Kier alpha value is -0.610. The van der Waals surface area contributed by atoms with Gasteiger partial charge in [-0.2, -0.15) is 0 Å². The lowest BCUT2D eigenvalue weighted by atomic mass is 9.83. The Labute approximate surface area is 101 Å². The highest BCUT2D eigenvalue weighted by atomic mass is 35.5. The molecule has 1 rings (SSSR count). The average Bonchev–Trinajstić information content (AvgIpc) is 2.33. The minimum absolute atomic E-state index is 0.162. The molecule has 3 nitrogen and oxygen atoms in total. The third-order valence-electron chi connectivity index (χ3n) is 2.64. The van der Waals surface area contributed by atoms with Gasteiger partial charge in [-0.3, -0.25) is 0 Å². The smallest absolute Gasteiger partial charge is 0.0648 e. The van der Waals surface area contributed by atoms with Crippen molar-refractivity contribution in [3.8, 4) is 0 Å². The van der Waals surface area contributed by atoms with Crippen LogP contribution in [0, 0.1) is 0 Å². The van der Waals surface area contributed by atoms with Gasteiger partial charge in [0.25, 0.3) is 0 Å². The topological polar surface area (TPSA) is 49.7 Å². The fourth-order valence-corrected chi connectivity index (χ4v) is 1.63. The van der Waals surface area contributed by atoms with Crippen molar-refractivity contribution >= 4 is 11.6 Å². The first-order valence-corrected chi connectivity index (χ1v) is 5.62. The second-order valence-electron chi connectivity index (χ2n) is 3.74. The van der Waals surface area contributed by atoms with Gasteiger partial charge in [0, 0.05) is 11.6 Å². The Morgan fingerprint density at radius 3 is 2.19 bits per heavy atom. The number of halogens is 1. The van der Waals surface area contributed by atoms with E-state index in [-0.39, 0.29) is 19.8 Å². The molecular weight excluding hydrogens is 228 g/mol. The number of benzene rings is 1. The molecule has 16 heavy (non-hydrogen) atoms. The van der Waals surface area contributed by atoms with E-state index in [9.17, 15) is 10.2 Å². The van der Waals surface area contributed by atoms with E-state index in [1.807, 2.05) is 6.92 Å². The van der Waals surface area contributed by atoms with E-state index in [1.165, 1.54) is 0 Å². The normalized spacial score (nSPS) is 11.8. The summed E-state index contributed by atoms with van der Waals surface area (Å²) in [7, 11) is 0. The van der Waals surface area contributed by atoms with Gasteiger partial charge in [0.15, 0.2) is 0 Å². The molecule has 90 valence electrons. The van der Waals surface area contributed by atoms with E-state index in [4.69, 9.17) is 16.3 Å². The monoisotopic (exact) mass is 244 g/mol. The molecule has 0 heterocycles. The Balaban J connectivity index is 2.95. The molecule has 0 bridgehead atoms. The van der Waals surface area contributed by atoms with Crippen LogP contribution in [-0.4, -0.2) is 36.6 Å². The molecule has 1 aromatic carbocycles. The highest BCUT2D eigenvalue weighted by Crippen LogP contribution is 2.25. The zero-order chi connectivity index (χ0) is 12.0. The number of hydrogen-bond donors (Lipinski definition) is 2. The molecule has 0 amide bonds. The van der Waals surface area contributed by atoms with E-state index in [1.54, 1.807) is 24.3 Å². The lowest BCUT2D eigenvalue weighted by Crippen LogP contribution is -2.39. The number of aliphatic hydroxyl groups excluding tert-OH is 2. The van der Waals surface area contributed by atoms with Crippen LogP contribution >= 0.6 is 11.6 Å². The maximum Gasteiger partial charge on any atom is 0.0648 e. The van der Waals surface area contributed by atoms with Crippen LogP contribution in [0.25, 0.3) is 0 Å². The molecule has 0 saturated heterocycles. The second kappa shape index (κ2) is 6.21. The van der Waals surface area contributed by atoms with Gasteiger partial charge >= 0.3 is 0 Å². The lowest BCUT2D eigenvalue weighted by molar-refractivity contribution is 0.0248. The summed E-state index contributed by atoms with van der Waals surface area (Å²) in [6.07, 6.45) is 0. The first kappa shape index (κ1) is 13.5. The van der Waals surface area contributed by atoms with E-state index in [2.05, 4.69) is 0 Å². The quantitative estimate of drug-likeness (QED) is 0.799. The molecule has 0 atom stereocenters. The molecule has 0 fully saturated rings. The van der Waals surface area contributed by atoms with Gasteiger partial charge in [0.2, 0.25) is 0 Å². The van der Waals surface area contributed by atoms with E-state index < -0.39 is 5.41 Å². The van der Waals surface area contributed by atoms with Crippen molar-refractivity contribution in [2.24, 2.45) is 0 Å². The summed E-state index contributed by atoms with van der Waals surface area (Å²) >= 11 is 5.80. The van der Waals surface area contributed by atoms with Crippen molar-refractivity contribution in [2.75, 3.05) is 26.4 Å². The minimum atomic E-state index is -0.749. The molecule has 0 aromatic heterocycles. The first-order valence-electron chi connectivity index (χ1n) is 5.24. The Kier molecular flexibility index (Phi) is 5.22. The zero-order valence-electron chi connectivity index (χ0n) is 9.32. The molecule has 4 heteroatoms. The van der Waals surface area contributed by atoms with Crippen molar-refractivity contribution in [3.63, 3.8) is 0 Å². The highest BCUT2D eigenvalue weighted by molar-refractivity contribution is 6.30. The molecule has 0 saturated carbocycles. The van der Waals surface area contributed by atoms with Crippen LogP contribution in [0.4, 0.5) is 0 Å². The highest BCUT2D eigenvalue weighted by Gasteiger charge is 2.31. The van der Waals surface area contributed by atoms with Gasteiger partial charge in [-0.15, -0.1) is 0 Å². The predicted octanol–water partition coefficient (Wildman–Crippen LogP) is 1.60. The van der Waals surface area contributed by atoms with Gasteiger partial charge in [-0.05, 0) is 24.6 Å². The average molecular weight is 245 g/mol. The first-order chi connectivity index (χ1) is 7.68. The van der Waals surface area contributed by atoms with E-state index in [0.29, 0.717) is 11.6 Å². The maximum absolute atomic E-state index is 9.45. The summed E-state index contributed by atoms with van der Waals surface area (Å²) in [5, 5.41) is 19.5. The number of rotatable bonds is 6.